The fraction of sp³-hybridized carbons (Fsp3) is 0.300. The largest absolute Gasteiger partial charge is 0.507 e. The Morgan fingerprint density at radius 3 is 2.16 bits per heavy atom. The molecular weight excluding hydrogens is 480 g/mol. The number of ether oxygens (including phenoxy) is 1. The topological polar surface area (TPSA) is 96.7 Å². The summed E-state index contributed by atoms with van der Waals surface area (Å²) < 4.78 is 7.27. The van der Waals surface area contributed by atoms with Crippen molar-refractivity contribution in [1.29, 1.82) is 0 Å². The summed E-state index contributed by atoms with van der Waals surface area (Å²) in [6.07, 6.45) is -0.844. The Bertz CT molecular complexity index is 1490. The average molecular weight is 515 g/mol. The molecule has 0 aliphatic carbocycles. The van der Waals surface area contributed by atoms with Crippen LogP contribution in [0.25, 0.3) is 16.5 Å². The van der Waals surface area contributed by atoms with E-state index in [-0.39, 0.29) is 16.9 Å². The number of carbonyl (C=O) groups is 2. The van der Waals surface area contributed by atoms with Gasteiger partial charge in [-0.3, -0.25) is 5.32 Å². The van der Waals surface area contributed by atoms with Crippen LogP contribution < -0.4 is 10.2 Å². The van der Waals surface area contributed by atoms with Crippen LogP contribution >= 0.6 is 0 Å². The molecule has 1 heterocycles. The van der Waals surface area contributed by atoms with E-state index in [9.17, 15) is 14.7 Å². The Labute approximate surface area is 222 Å². The van der Waals surface area contributed by atoms with Crippen molar-refractivity contribution in [3.8, 4) is 11.4 Å². The molecule has 1 aromatic heterocycles. The lowest BCUT2D eigenvalue weighted by atomic mass is 9.92. The molecule has 4 rings (SSSR count). The molecule has 0 aliphatic rings. The maximum absolute atomic E-state index is 13.9. The van der Waals surface area contributed by atoms with Gasteiger partial charge in [0.25, 0.3) is 0 Å². The van der Waals surface area contributed by atoms with Crippen molar-refractivity contribution in [2.24, 2.45) is 0 Å². The predicted molar refractivity (Wildman–Crippen MR) is 150 cm³/mol. The van der Waals surface area contributed by atoms with Gasteiger partial charge in [0.05, 0.1) is 17.1 Å². The molecule has 0 radical (unpaired) electrons. The van der Waals surface area contributed by atoms with Crippen LogP contribution in [0.1, 0.15) is 52.8 Å². The first-order valence-corrected chi connectivity index (χ1v) is 12.5. The zero-order chi connectivity index (χ0) is 27.8. The first-order valence-electron chi connectivity index (χ1n) is 12.5. The molecule has 3 aromatic carbocycles. The van der Waals surface area contributed by atoms with Crippen LogP contribution in [0.3, 0.4) is 0 Å². The van der Waals surface area contributed by atoms with E-state index in [1.807, 2.05) is 52.0 Å². The highest BCUT2D eigenvalue weighted by Gasteiger charge is 2.32. The van der Waals surface area contributed by atoms with E-state index in [1.54, 1.807) is 55.8 Å². The molecule has 2 N–H and O–H groups in total. The standard InChI is InChI=1S/C30H34N4O4/c1-19-12-14-20(15-13-19)34-26(18-25(32-34)29(2,3)4)31-27(36)33(28(37)38-30(5,6)7)23-16-17-24(35)22-11-9-8-10-21(22)23/h8-18,35H,1-7H3,(H,31,36). The number of nitrogens with zero attached hydrogens (tertiary/aromatic N) is 3. The van der Waals surface area contributed by atoms with Crippen LogP contribution in [0.4, 0.5) is 21.1 Å². The third-order valence-electron chi connectivity index (χ3n) is 5.89. The summed E-state index contributed by atoms with van der Waals surface area (Å²) in [6, 6.07) is 18.9. The van der Waals surface area contributed by atoms with Crippen LogP contribution in [-0.4, -0.2) is 32.6 Å². The molecule has 3 amide bonds. The van der Waals surface area contributed by atoms with Gasteiger partial charge in [-0.05, 0) is 52.0 Å². The summed E-state index contributed by atoms with van der Waals surface area (Å²) in [6.45, 7) is 13.3. The van der Waals surface area contributed by atoms with E-state index >= 15 is 0 Å². The molecule has 8 nitrogen and oxygen atoms in total. The van der Waals surface area contributed by atoms with Gasteiger partial charge in [-0.2, -0.15) is 10.00 Å². The number of urea groups is 1. The number of aromatic nitrogens is 2. The van der Waals surface area contributed by atoms with Gasteiger partial charge in [0.15, 0.2) is 0 Å². The number of hydrogen-bond acceptors (Lipinski definition) is 5. The number of nitrogens with one attached hydrogen (secondary N) is 1. The van der Waals surface area contributed by atoms with Crippen molar-refractivity contribution in [2.45, 2.75) is 59.5 Å². The highest BCUT2D eigenvalue weighted by atomic mass is 16.6. The zero-order valence-electron chi connectivity index (χ0n) is 22.9. The number of phenolic OH excluding ortho intramolecular Hbond substituents is 1. The highest BCUT2D eigenvalue weighted by Crippen LogP contribution is 2.34. The molecule has 38 heavy (non-hydrogen) atoms. The van der Waals surface area contributed by atoms with Gasteiger partial charge in [-0.25, -0.2) is 14.3 Å². The Morgan fingerprint density at radius 2 is 1.55 bits per heavy atom. The summed E-state index contributed by atoms with van der Waals surface area (Å²) in [7, 11) is 0. The molecule has 0 aliphatic heterocycles. The number of benzene rings is 3. The fourth-order valence-electron chi connectivity index (χ4n) is 3.95. The van der Waals surface area contributed by atoms with Crippen LogP contribution in [0.5, 0.6) is 5.75 Å². The van der Waals surface area contributed by atoms with Crippen molar-refractivity contribution < 1.29 is 19.4 Å². The lowest BCUT2D eigenvalue weighted by Crippen LogP contribution is -2.43. The van der Waals surface area contributed by atoms with Crippen molar-refractivity contribution in [1.82, 2.24) is 9.78 Å². The number of phenols is 1. The Hall–Kier alpha value is -4.33. The third-order valence-corrected chi connectivity index (χ3v) is 5.89. The Kier molecular flexibility index (Phi) is 6.93. The van der Waals surface area contributed by atoms with Crippen LogP contribution in [0.2, 0.25) is 0 Å². The van der Waals surface area contributed by atoms with Crippen LogP contribution in [0.15, 0.2) is 66.7 Å². The second-order valence-electron chi connectivity index (χ2n) is 11.3. The lowest BCUT2D eigenvalue weighted by molar-refractivity contribution is 0.0596. The van der Waals surface area contributed by atoms with Gasteiger partial charge in [0.2, 0.25) is 0 Å². The summed E-state index contributed by atoms with van der Waals surface area (Å²) in [5.74, 6) is 0.446. The molecular formula is C30H34N4O4. The minimum absolute atomic E-state index is 0.0427. The molecule has 198 valence electrons. The van der Waals surface area contributed by atoms with Crippen molar-refractivity contribution in [3.63, 3.8) is 0 Å². The first kappa shape index (κ1) is 26.7. The molecule has 0 bridgehead atoms. The minimum atomic E-state index is -0.844. The van der Waals surface area contributed by atoms with Crippen molar-refractivity contribution in [2.75, 3.05) is 10.2 Å². The highest BCUT2D eigenvalue weighted by molar-refractivity contribution is 6.20. The normalized spacial score (nSPS) is 11.9. The Balaban J connectivity index is 1.82. The van der Waals surface area contributed by atoms with Crippen molar-refractivity contribution in [3.05, 3.63) is 78.0 Å². The summed E-state index contributed by atoms with van der Waals surface area (Å²) in [4.78, 5) is 28.3. The summed E-state index contributed by atoms with van der Waals surface area (Å²) in [5, 5.41) is 19.1. The van der Waals surface area contributed by atoms with Gasteiger partial charge < -0.3 is 9.84 Å². The van der Waals surface area contributed by atoms with Crippen LogP contribution in [-0.2, 0) is 10.2 Å². The molecule has 8 heteroatoms. The maximum Gasteiger partial charge on any atom is 0.423 e. The fourth-order valence-corrected chi connectivity index (χ4v) is 3.95. The van der Waals surface area contributed by atoms with Gasteiger partial charge in [-0.1, -0.05) is 62.7 Å². The summed E-state index contributed by atoms with van der Waals surface area (Å²) in [5.41, 5.74) is 1.78. The summed E-state index contributed by atoms with van der Waals surface area (Å²) >= 11 is 0. The number of rotatable bonds is 3. The molecule has 0 saturated heterocycles. The quantitative estimate of drug-likeness (QED) is 0.299. The zero-order valence-corrected chi connectivity index (χ0v) is 22.9. The van der Waals surface area contributed by atoms with Gasteiger partial charge in [0.1, 0.15) is 17.2 Å². The Morgan fingerprint density at radius 1 is 0.921 bits per heavy atom. The smallest absolute Gasteiger partial charge is 0.423 e. The molecule has 0 fully saturated rings. The number of aryl methyl sites for hydroxylation is 1. The second-order valence-corrected chi connectivity index (χ2v) is 11.3. The van der Waals surface area contributed by atoms with Crippen LogP contribution in [0, 0.1) is 6.92 Å². The van der Waals surface area contributed by atoms with E-state index in [2.05, 4.69) is 5.32 Å². The predicted octanol–water partition coefficient (Wildman–Crippen LogP) is 7.31. The van der Waals surface area contributed by atoms with Gasteiger partial charge in [-0.15, -0.1) is 0 Å². The molecule has 0 spiro atoms. The second kappa shape index (κ2) is 9.85. The first-order chi connectivity index (χ1) is 17.7. The number of amides is 3. The number of aromatic hydroxyl groups is 1. The number of imide groups is 1. The van der Waals surface area contributed by atoms with E-state index in [0.29, 0.717) is 16.6 Å². The average Bonchev–Trinajstić information content (AvgIpc) is 3.24. The van der Waals surface area contributed by atoms with Gasteiger partial charge >= 0.3 is 12.1 Å². The van der Waals surface area contributed by atoms with E-state index in [0.717, 1.165) is 21.8 Å². The minimum Gasteiger partial charge on any atom is -0.507 e. The molecule has 0 unspecified atom stereocenters. The molecule has 0 atom stereocenters. The SMILES string of the molecule is Cc1ccc(-n2nc(C(C)(C)C)cc2NC(=O)N(C(=O)OC(C)(C)C)c2ccc(O)c3ccccc23)cc1. The number of carbonyl (C=O) groups excluding carboxylic acids is 2. The number of hydrogen-bond donors (Lipinski definition) is 2. The van der Waals surface area contributed by atoms with E-state index in [4.69, 9.17) is 9.84 Å². The number of fused-ring (bicyclic) bond motifs is 1. The lowest BCUT2D eigenvalue weighted by Gasteiger charge is -2.27. The van der Waals surface area contributed by atoms with Gasteiger partial charge in [0, 0.05) is 22.3 Å². The monoisotopic (exact) mass is 514 g/mol. The van der Waals surface area contributed by atoms with E-state index < -0.39 is 17.7 Å². The van der Waals surface area contributed by atoms with E-state index in [1.165, 1.54) is 12.1 Å². The third kappa shape index (κ3) is 5.64. The molecule has 0 saturated carbocycles. The number of anilines is 2. The maximum atomic E-state index is 13.9. The molecule has 4 aromatic rings. The van der Waals surface area contributed by atoms with Crippen molar-refractivity contribution >= 4 is 34.4 Å².